The monoisotopic (exact) mass is 240 g/mol. The van der Waals surface area contributed by atoms with E-state index in [1.54, 1.807) is 12.1 Å². The maximum absolute atomic E-state index is 12.2. The van der Waals surface area contributed by atoms with E-state index in [0.717, 1.165) is 11.1 Å². The number of hydrogen-bond acceptors (Lipinski definition) is 3. The summed E-state index contributed by atoms with van der Waals surface area (Å²) in [6, 6.07) is 14.3. The summed E-state index contributed by atoms with van der Waals surface area (Å²) in [6.45, 7) is 1.84. The lowest BCUT2D eigenvalue weighted by atomic mass is 9.77. The fourth-order valence-electron chi connectivity index (χ4n) is 2.37. The highest BCUT2D eigenvalue weighted by Gasteiger charge is 2.46. The van der Waals surface area contributed by atoms with E-state index in [-0.39, 0.29) is 11.7 Å². The van der Waals surface area contributed by atoms with Crippen LogP contribution in [0.15, 0.2) is 48.5 Å². The molecule has 3 heteroatoms. The van der Waals surface area contributed by atoms with E-state index in [0.29, 0.717) is 5.75 Å². The van der Waals surface area contributed by atoms with Crippen LogP contribution in [0, 0.1) is 0 Å². The molecule has 3 nitrogen and oxygen atoms in total. The van der Waals surface area contributed by atoms with E-state index in [2.05, 4.69) is 0 Å². The third-order valence-corrected chi connectivity index (χ3v) is 3.47. The van der Waals surface area contributed by atoms with Gasteiger partial charge in [0.25, 0.3) is 0 Å². The van der Waals surface area contributed by atoms with Gasteiger partial charge in [-0.15, -0.1) is 0 Å². The van der Waals surface area contributed by atoms with Gasteiger partial charge in [-0.2, -0.15) is 0 Å². The lowest BCUT2D eigenvalue weighted by molar-refractivity contribution is -0.136. The first-order valence-electron chi connectivity index (χ1n) is 5.73. The standard InChI is InChI=1S/C15H12O3/c1-15(10-5-3-2-4-6-10)12-8-7-11(16)9-13(12)18-14(15)17/h2-9,16H,1H3. The first kappa shape index (κ1) is 10.8. The molecule has 1 aliphatic heterocycles. The molecule has 0 saturated carbocycles. The van der Waals surface area contributed by atoms with Gasteiger partial charge in [0.2, 0.25) is 0 Å². The highest BCUT2D eigenvalue weighted by Crippen LogP contribution is 2.45. The highest BCUT2D eigenvalue weighted by molar-refractivity contribution is 5.94. The van der Waals surface area contributed by atoms with Crippen LogP contribution in [0.4, 0.5) is 0 Å². The second-order valence-corrected chi connectivity index (χ2v) is 4.56. The number of fused-ring (bicyclic) bond motifs is 1. The predicted octanol–water partition coefficient (Wildman–Crippen LogP) is 2.62. The van der Waals surface area contributed by atoms with Crippen molar-refractivity contribution in [2.45, 2.75) is 12.3 Å². The van der Waals surface area contributed by atoms with Gasteiger partial charge in [-0.3, -0.25) is 4.79 Å². The van der Waals surface area contributed by atoms with Crippen LogP contribution < -0.4 is 4.74 Å². The van der Waals surface area contributed by atoms with Crippen LogP contribution in [0.5, 0.6) is 11.5 Å². The summed E-state index contributed by atoms with van der Waals surface area (Å²) < 4.78 is 5.26. The number of benzene rings is 2. The fraction of sp³-hybridized carbons (Fsp3) is 0.133. The van der Waals surface area contributed by atoms with Crippen molar-refractivity contribution >= 4 is 5.97 Å². The Kier molecular flexibility index (Phi) is 2.17. The minimum atomic E-state index is -0.801. The van der Waals surface area contributed by atoms with E-state index in [4.69, 9.17) is 4.74 Å². The van der Waals surface area contributed by atoms with Gasteiger partial charge >= 0.3 is 5.97 Å². The molecule has 0 radical (unpaired) electrons. The number of aromatic hydroxyl groups is 1. The predicted molar refractivity (Wildman–Crippen MR) is 66.6 cm³/mol. The quantitative estimate of drug-likeness (QED) is 0.615. The van der Waals surface area contributed by atoms with E-state index in [9.17, 15) is 9.90 Å². The number of esters is 1. The molecule has 0 amide bonds. The molecule has 1 aliphatic rings. The average molecular weight is 240 g/mol. The Morgan fingerprint density at radius 3 is 2.56 bits per heavy atom. The first-order chi connectivity index (χ1) is 8.62. The van der Waals surface area contributed by atoms with Crippen LogP contribution in [-0.2, 0) is 10.2 Å². The van der Waals surface area contributed by atoms with Crippen molar-refractivity contribution in [1.29, 1.82) is 0 Å². The zero-order valence-corrected chi connectivity index (χ0v) is 9.88. The zero-order chi connectivity index (χ0) is 12.8. The van der Waals surface area contributed by atoms with E-state index >= 15 is 0 Å². The molecule has 1 unspecified atom stereocenters. The van der Waals surface area contributed by atoms with Crippen LogP contribution >= 0.6 is 0 Å². The normalized spacial score (nSPS) is 21.5. The second kappa shape index (κ2) is 3.60. The molecule has 0 bridgehead atoms. The van der Waals surface area contributed by atoms with Crippen molar-refractivity contribution in [2.75, 3.05) is 0 Å². The Morgan fingerprint density at radius 2 is 1.83 bits per heavy atom. The molecule has 0 aromatic heterocycles. The number of hydrogen-bond donors (Lipinski definition) is 1. The molecule has 2 aromatic carbocycles. The van der Waals surface area contributed by atoms with Gasteiger partial charge in [-0.05, 0) is 18.6 Å². The van der Waals surface area contributed by atoms with Gasteiger partial charge in [0, 0.05) is 11.6 Å². The zero-order valence-electron chi connectivity index (χ0n) is 9.88. The van der Waals surface area contributed by atoms with Crippen molar-refractivity contribution in [1.82, 2.24) is 0 Å². The first-order valence-corrected chi connectivity index (χ1v) is 5.73. The van der Waals surface area contributed by atoms with Crippen molar-refractivity contribution in [3.8, 4) is 11.5 Å². The van der Waals surface area contributed by atoms with Crippen LogP contribution in [-0.4, -0.2) is 11.1 Å². The van der Waals surface area contributed by atoms with Gasteiger partial charge < -0.3 is 9.84 Å². The van der Waals surface area contributed by atoms with Crippen molar-refractivity contribution in [3.05, 3.63) is 59.7 Å². The smallest absolute Gasteiger partial charge is 0.326 e. The van der Waals surface area contributed by atoms with Crippen molar-refractivity contribution in [3.63, 3.8) is 0 Å². The minimum Gasteiger partial charge on any atom is -0.508 e. The molecule has 0 saturated heterocycles. The number of phenols is 1. The number of carbonyl (C=O) groups excluding carboxylic acids is 1. The molecule has 1 N–H and O–H groups in total. The largest absolute Gasteiger partial charge is 0.508 e. The number of phenolic OH excluding ortho intramolecular Hbond substituents is 1. The van der Waals surface area contributed by atoms with Crippen LogP contribution in [0.3, 0.4) is 0 Å². The minimum absolute atomic E-state index is 0.0962. The maximum Gasteiger partial charge on any atom is 0.326 e. The van der Waals surface area contributed by atoms with Gasteiger partial charge in [-0.1, -0.05) is 36.4 Å². The molecule has 1 heterocycles. The lowest BCUT2D eigenvalue weighted by Crippen LogP contribution is -2.31. The van der Waals surface area contributed by atoms with Gasteiger partial charge in [0.1, 0.15) is 16.9 Å². The summed E-state index contributed by atoms with van der Waals surface area (Å²) in [7, 11) is 0. The molecule has 90 valence electrons. The van der Waals surface area contributed by atoms with Gasteiger partial charge in [0.15, 0.2) is 0 Å². The lowest BCUT2D eigenvalue weighted by Gasteiger charge is -2.20. The third-order valence-electron chi connectivity index (χ3n) is 3.47. The molecule has 1 atom stereocenters. The Balaban J connectivity index is 2.23. The molecular weight excluding hydrogens is 228 g/mol. The summed E-state index contributed by atoms with van der Waals surface area (Å²) >= 11 is 0. The maximum atomic E-state index is 12.2. The van der Waals surface area contributed by atoms with E-state index in [1.807, 2.05) is 37.3 Å². The fourth-order valence-corrected chi connectivity index (χ4v) is 2.37. The number of rotatable bonds is 1. The Bertz CT molecular complexity index is 619. The molecule has 18 heavy (non-hydrogen) atoms. The van der Waals surface area contributed by atoms with E-state index in [1.165, 1.54) is 6.07 Å². The average Bonchev–Trinajstić information content (AvgIpc) is 2.63. The molecular formula is C15H12O3. The summed E-state index contributed by atoms with van der Waals surface area (Å²) in [5, 5.41) is 9.43. The molecule has 2 aromatic rings. The SMILES string of the molecule is CC1(c2ccccc2)C(=O)Oc2cc(O)ccc21. The summed E-state index contributed by atoms with van der Waals surface area (Å²) in [6.07, 6.45) is 0. The van der Waals surface area contributed by atoms with Crippen molar-refractivity contribution in [2.24, 2.45) is 0 Å². The third kappa shape index (κ3) is 1.34. The molecule has 3 rings (SSSR count). The Labute approximate surface area is 105 Å². The molecule has 0 fully saturated rings. The number of ether oxygens (including phenoxy) is 1. The topological polar surface area (TPSA) is 46.5 Å². The number of carbonyl (C=O) groups is 1. The summed E-state index contributed by atoms with van der Waals surface area (Å²) in [4.78, 5) is 12.2. The highest BCUT2D eigenvalue weighted by atomic mass is 16.5. The van der Waals surface area contributed by atoms with Gasteiger partial charge in [-0.25, -0.2) is 0 Å². The second-order valence-electron chi connectivity index (χ2n) is 4.56. The van der Waals surface area contributed by atoms with Crippen LogP contribution in [0.1, 0.15) is 18.1 Å². The Morgan fingerprint density at radius 1 is 1.11 bits per heavy atom. The molecule has 0 spiro atoms. The molecule has 0 aliphatic carbocycles. The van der Waals surface area contributed by atoms with Gasteiger partial charge in [0.05, 0.1) is 0 Å². The van der Waals surface area contributed by atoms with E-state index < -0.39 is 5.41 Å². The summed E-state index contributed by atoms with van der Waals surface area (Å²) in [5.41, 5.74) is 0.875. The Hall–Kier alpha value is -2.29. The van der Waals surface area contributed by atoms with Crippen molar-refractivity contribution < 1.29 is 14.6 Å². The summed E-state index contributed by atoms with van der Waals surface area (Å²) in [5.74, 6) is 0.222. The van der Waals surface area contributed by atoms with Crippen LogP contribution in [0.2, 0.25) is 0 Å². The van der Waals surface area contributed by atoms with Crippen LogP contribution in [0.25, 0.3) is 0 Å².